The number of carbonyl (C=O) groups excluding carboxylic acids is 5. The van der Waals surface area contributed by atoms with Crippen molar-refractivity contribution in [2.24, 2.45) is 0 Å². The van der Waals surface area contributed by atoms with Gasteiger partial charge in [0.15, 0.2) is 0 Å². The molecule has 0 radical (unpaired) electrons. The second-order valence-corrected chi connectivity index (χ2v) is 11.7. The van der Waals surface area contributed by atoms with E-state index in [1.165, 1.54) is 9.80 Å². The van der Waals surface area contributed by atoms with Gasteiger partial charge in [-0.05, 0) is 44.0 Å². The second kappa shape index (κ2) is 14.5. The van der Waals surface area contributed by atoms with Gasteiger partial charge in [0, 0.05) is 25.3 Å². The minimum absolute atomic E-state index is 0.0213. The molecule has 0 aliphatic carbocycles. The topological polar surface area (TPSA) is 143 Å². The molecule has 2 aromatic rings. The average Bonchev–Trinajstić information content (AvgIpc) is 3.47. The van der Waals surface area contributed by atoms with E-state index in [4.69, 9.17) is 0 Å². The molecule has 12 nitrogen and oxygen atoms in total. The molecule has 2 saturated heterocycles. The van der Waals surface area contributed by atoms with Crippen LogP contribution in [0.2, 0.25) is 0 Å². The van der Waals surface area contributed by atoms with Crippen LogP contribution in [-0.2, 0) is 24.0 Å². The molecule has 3 atom stereocenters. The molecule has 0 spiro atoms. The molecule has 0 bridgehead atoms. The number of carbonyl (C=O) groups is 5. The first kappa shape index (κ1) is 31.9. The van der Waals surface area contributed by atoms with Crippen LogP contribution >= 0.6 is 0 Å². The first-order valence-electron chi connectivity index (χ1n) is 15.4. The van der Waals surface area contributed by atoms with Crippen molar-refractivity contribution in [2.45, 2.75) is 43.9 Å². The summed E-state index contributed by atoms with van der Waals surface area (Å²) in [6.07, 6.45) is 2.70. The van der Waals surface area contributed by atoms with E-state index < -0.39 is 36.0 Å². The van der Waals surface area contributed by atoms with Crippen LogP contribution in [0, 0.1) is 0 Å². The van der Waals surface area contributed by atoms with Gasteiger partial charge in [0.2, 0.25) is 23.6 Å². The number of hydrogen-bond donors (Lipinski definition) is 4. The van der Waals surface area contributed by atoms with E-state index in [-0.39, 0.29) is 43.9 Å². The molecular weight excluding hydrogens is 574 g/mol. The summed E-state index contributed by atoms with van der Waals surface area (Å²) in [5, 5.41) is 11.6. The highest BCUT2D eigenvalue weighted by Crippen LogP contribution is 2.31. The Labute approximate surface area is 263 Å². The van der Waals surface area contributed by atoms with Gasteiger partial charge < -0.3 is 31.1 Å². The van der Waals surface area contributed by atoms with Crippen LogP contribution in [0.25, 0.3) is 0 Å². The van der Waals surface area contributed by atoms with Crippen LogP contribution in [0.3, 0.4) is 0 Å². The minimum Gasteiger partial charge on any atom is -0.354 e. The normalized spacial score (nSPS) is 21.3. The highest BCUT2D eigenvalue weighted by molar-refractivity contribution is 5.95. The molecule has 2 fully saturated rings. The largest absolute Gasteiger partial charge is 0.354 e. The Morgan fingerprint density at radius 2 is 1.67 bits per heavy atom. The average molecular weight is 616 g/mol. The van der Waals surface area contributed by atoms with Gasteiger partial charge in [0.05, 0.1) is 31.7 Å². The van der Waals surface area contributed by atoms with Gasteiger partial charge in [-0.15, -0.1) is 0 Å². The quantitative estimate of drug-likeness (QED) is 0.314. The number of fused-ring (bicyclic) bond motifs is 1. The number of rotatable bonds is 9. The van der Waals surface area contributed by atoms with Gasteiger partial charge in [0.25, 0.3) is 5.91 Å². The Kier molecular flexibility index (Phi) is 10.3. The van der Waals surface area contributed by atoms with E-state index in [0.29, 0.717) is 31.6 Å². The number of nitrogens with one attached hydrogen (secondary N) is 4. The van der Waals surface area contributed by atoms with E-state index >= 15 is 0 Å². The summed E-state index contributed by atoms with van der Waals surface area (Å²) in [5.74, 6) is -1.52. The Morgan fingerprint density at radius 3 is 2.29 bits per heavy atom. The standard InChI is InChI=1S/C33H41N7O5/c1-22(34-2)31(43)36-26-19-39(29(42)21-38-18-16-35-28(41)20-38)17-15-25-13-14-27(40(25)33(26)45)32(44)37-30(23-9-5-3-6-10-23)24-11-7-4-8-12-24/h3-12,15,22,26-27,30,34H,13-14,16-21H2,1-2H3,(H,35,41)(H,36,43)(H,37,44)/t22-,26-,27-/m0/s1. The highest BCUT2D eigenvalue weighted by Gasteiger charge is 2.43. The number of amides is 5. The first-order valence-corrected chi connectivity index (χ1v) is 15.4. The van der Waals surface area contributed by atoms with Crippen molar-refractivity contribution in [1.29, 1.82) is 0 Å². The molecule has 5 amide bonds. The summed E-state index contributed by atoms with van der Waals surface area (Å²) in [7, 11) is 1.65. The fraction of sp³-hybridized carbons (Fsp3) is 0.424. The van der Waals surface area contributed by atoms with Gasteiger partial charge in [0.1, 0.15) is 12.1 Å². The van der Waals surface area contributed by atoms with Crippen molar-refractivity contribution < 1.29 is 24.0 Å². The zero-order valence-electron chi connectivity index (χ0n) is 25.7. The fourth-order valence-electron chi connectivity index (χ4n) is 5.98. The maximum Gasteiger partial charge on any atom is 0.251 e. The molecule has 0 saturated carbocycles. The molecule has 3 aliphatic rings. The van der Waals surface area contributed by atoms with Crippen molar-refractivity contribution in [2.75, 3.05) is 46.3 Å². The fourth-order valence-corrected chi connectivity index (χ4v) is 5.98. The summed E-state index contributed by atoms with van der Waals surface area (Å²) in [4.78, 5) is 71.3. The van der Waals surface area contributed by atoms with E-state index in [0.717, 1.165) is 11.1 Å². The van der Waals surface area contributed by atoms with Crippen molar-refractivity contribution in [1.82, 2.24) is 36.0 Å². The van der Waals surface area contributed by atoms with E-state index in [1.807, 2.05) is 66.7 Å². The molecule has 3 heterocycles. The van der Waals surface area contributed by atoms with E-state index in [9.17, 15) is 24.0 Å². The lowest BCUT2D eigenvalue weighted by Crippen LogP contribution is -2.60. The number of nitrogens with zero attached hydrogens (tertiary/aromatic N) is 3. The number of benzene rings is 2. The number of likely N-dealkylation sites (N-methyl/N-ethyl adjacent to an activating group) is 1. The number of allylic oxidation sites excluding steroid dienone is 1. The summed E-state index contributed by atoms with van der Waals surface area (Å²) < 4.78 is 0. The summed E-state index contributed by atoms with van der Waals surface area (Å²) >= 11 is 0. The molecule has 0 aromatic heterocycles. The van der Waals surface area contributed by atoms with Gasteiger partial charge in [-0.2, -0.15) is 0 Å². The Hall–Kier alpha value is -4.55. The monoisotopic (exact) mass is 615 g/mol. The van der Waals surface area contributed by atoms with Crippen LogP contribution in [0.5, 0.6) is 0 Å². The smallest absolute Gasteiger partial charge is 0.251 e. The molecule has 5 rings (SSSR count). The van der Waals surface area contributed by atoms with Crippen LogP contribution < -0.4 is 21.3 Å². The molecule has 12 heteroatoms. The summed E-state index contributed by atoms with van der Waals surface area (Å²) in [6.45, 7) is 2.97. The molecule has 4 N–H and O–H groups in total. The van der Waals surface area contributed by atoms with Crippen LogP contribution in [-0.4, -0.2) is 109 Å². The summed E-state index contributed by atoms with van der Waals surface area (Å²) in [5.41, 5.74) is 2.47. The number of hydrogen-bond acceptors (Lipinski definition) is 7. The molecule has 2 aromatic carbocycles. The maximum atomic E-state index is 14.2. The third-order valence-electron chi connectivity index (χ3n) is 8.61. The third-order valence-corrected chi connectivity index (χ3v) is 8.61. The summed E-state index contributed by atoms with van der Waals surface area (Å²) in [6, 6.07) is 16.5. The first-order chi connectivity index (χ1) is 21.7. The second-order valence-electron chi connectivity index (χ2n) is 11.7. The lowest BCUT2D eigenvalue weighted by molar-refractivity contribution is -0.143. The molecule has 238 valence electrons. The van der Waals surface area contributed by atoms with Crippen molar-refractivity contribution >= 4 is 29.5 Å². The molecular formula is C33H41N7O5. The van der Waals surface area contributed by atoms with Crippen molar-refractivity contribution in [3.8, 4) is 0 Å². The Balaban J connectivity index is 1.39. The Morgan fingerprint density at radius 1 is 1.00 bits per heavy atom. The number of piperazine rings is 1. The van der Waals surface area contributed by atoms with Gasteiger partial charge in [-0.3, -0.25) is 28.9 Å². The minimum atomic E-state index is -1.07. The van der Waals surface area contributed by atoms with Gasteiger partial charge >= 0.3 is 0 Å². The van der Waals surface area contributed by atoms with Gasteiger partial charge in [-0.1, -0.05) is 60.7 Å². The maximum absolute atomic E-state index is 14.2. The molecule has 45 heavy (non-hydrogen) atoms. The van der Waals surface area contributed by atoms with Crippen LogP contribution in [0.4, 0.5) is 0 Å². The lowest BCUT2D eigenvalue weighted by atomic mass is 9.98. The third kappa shape index (κ3) is 7.58. The van der Waals surface area contributed by atoms with E-state index in [1.54, 1.807) is 18.9 Å². The van der Waals surface area contributed by atoms with Gasteiger partial charge in [-0.25, -0.2) is 0 Å². The predicted molar refractivity (Wildman–Crippen MR) is 167 cm³/mol. The van der Waals surface area contributed by atoms with Crippen LogP contribution in [0.1, 0.15) is 36.9 Å². The Bertz CT molecular complexity index is 1390. The zero-order valence-corrected chi connectivity index (χ0v) is 25.7. The van der Waals surface area contributed by atoms with E-state index in [2.05, 4.69) is 21.3 Å². The lowest BCUT2D eigenvalue weighted by Gasteiger charge is -2.36. The highest BCUT2D eigenvalue weighted by atomic mass is 16.2. The zero-order chi connectivity index (χ0) is 31.9. The van der Waals surface area contributed by atoms with Crippen molar-refractivity contribution in [3.05, 3.63) is 83.6 Å². The molecule has 0 unspecified atom stereocenters. The SMILES string of the molecule is CN[C@@H](C)C(=O)N[C@H]1CN(C(=O)CN2CCNC(=O)C2)CC=C2CC[C@@H](C(=O)NC(c3ccccc3)c3ccccc3)N2C1=O. The van der Waals surface area contributed by atoms with Crippen molar-refractivity contribution in [3.63, 3.8) is 0 Å². The predicted octanol–water partition coefficient (Wildman–Crippen LogP) is 0.134. The van der Waals surface area contributed by atoms with Crippen LogP contribution in [0.15, 0.2) is 72.4 Å². The molecule has 3 aliphatic heterocycles.